The van der Waals surface area contributed by atoms with Crippen LogP contribution in [0.2, 0.25) is 0 Å². The highest BCUT2D eigenvalue weighted by Crippen LogP contribution is 2.18. The smallest absolute Gasteiger partial charge is 0.124 e. The molecule has 0 unspecified atom stereocenters. The largest absolute Gasteiger partial charge is 0.327 e. The van der Waals surface area contributed by atoms with E-state index in [-0.39, 0.29) is 0 Å². The molecule has 0 saturated heterocycles. The first kappa shape index (κ1) is 10.7. The monoisotopic (exact) mass is 213 g/mol. The zero-order chi connectivity index (χ0) is 11.5. The molecule has 82 valence electrons. The summed E-state index contributed by atoms with van der Waals surface area (Å²) < 4.78 is 2.15. The third-order valence-corrected chi connectivity index (χ3v) is 2.67. The molecular formula is C13H15N3. The summed E-state index contributed by atoms with van der Waals surface area (Å²) in [4.78, 5) is 4.52. The van der Waals surface area contributed by atoms with Gasteiger partial charge in [0, 0.05) is 6.54 Å². The van der Waals surface area contributed by atoms with Crippen molar-refractivity contribution in [2.45, 2.75) is 33.2 Å². The summed E-state index contributed by atoms with van der Waals surface area (Å²) >= 11 is 0. The number of rotatable bonds is 3. The van der Waals surface area contributed by atoms with E-state index in [4.69, 9.17) is 5.26 Å². The topological polar surface area (TPSA) is 41.6 Å². The summed E-state index contributed by atoms with van der Waals surface area (Å²) in [5, 5.41) is 8.79. The molecule has 0 aliphatic heterocycles. The highest BCUT2D eigenvalue weighted by atomic mass is 15.1. The Balaban J connectivity index is 2.61. The lowest BCUT2D eigenvalue weighted by Crippen LogP contribution is -2.02. The van der Waals surface area contributed by atoms with Gasteiger partial charge in [-0.3, -0.25) is 0 Å². The van der Waals surface area contributed by atoms with Gasteiger partial charge < -0.3 is 4.57 Å². The standard InChI is InChI=1S/C13H15N3/c1-3-8-16-12-5-4-10(2)9-11(12)15-13(16)6-7-14/h4-5,9H,3,6,8H2,1-2H3. The molecule has 0 bridgehead atoms. The lowest BCUT2D eigenvalue weighted by atomic mass is 10.2. The van der Waals surface area contributed by atoms with Gasteiger partial charge in [0.05, 0.1) is 23.5 Å². The maximum absolute atomic E-state index is 8.79. The number of aryl methyl sites for hydroxylation is 2. The number of nitrogens with zero attached hydrogens (tertiary/aromatic N) is 3. The predicted molar refractivity (Wildman–Crippen MR) is 64.1 cm³/mol. The van der Waals surface area contributed by atoms with Crippen molar-refractivity contribution in [1.82, 2.24) is 9.55 Å². The molecule has 3 heteroatoms. The molecule has 0 spiro atoms. The fourth-order valence-electron chi connectivity index (χ4n) is 1.97. The van der Waals surface area contributed by atoms with E-state index in [1.807, 2.05) is 0 Å². The summed E-state index contributed by atoms with van der Waals surface area (Å²) in [5.74, 6) is 0.880. The molecule has 3 nitrogen and oxygen atoms in total. The van der Waals surface area contributed by atoms with E-state index in [1.165, 1.54) is 5.56 Å². The van der Waals surface area contributed by atoms with Crippen LogP contribution in [0.4, 0.5) is 0 Å². The van der Waals surface area contributed by atoms with Crippen LogP contribution in [-0.2, 0) is 13.0 Å². The number of hydrogen-bond donors (Lipinski definition) is 0. The van der Waals surface area contributed by atoms with E-state index in [0.717, 1.165) is 29.8 Å². The van der Waals surface area contributed by atoms with Crippen LogP contribution < -0.4 is 0 Å². The van der Waals surface area contributed by atoms with Gasteiger partial charge in [-0.1, -0.05) is 13.0 Å². The second-order valence-electron chi connectivity index (χ2n) is 4.01. The van der Waals surface area contributed by atoms with Crippen molar-refractivity contribution >= 4 is 11.0 Å². The molecular weight excluding hydrogens is 198 g/mol. The number of aromatic nitrogens is 2. The molecule has 16 heavy (non-hydrogen) atoms. The van der Waals surface area contributed by atoms with Gasteiger partial charge in [0.25, 0.3) is 0 Å². The van der Waals surface area contributed by atoms with Crippen molar-refractivity contribution in [1.29, 1.82) is 5.26 Å². The maximum Gasteiger partial charge on any atom is 0.124 e. The minimum absolute atomic E-state index is 0.383. The third kappa shape index (κ3) is 1.79. The molecule has 1 aromatic carbocycles. The van der Waals surface area contributed by atoms with Gasteiger partial charge in [0.2, 0.25) is 0 Å². The predicted octanol–water partition coefficient (Wildman–Crippen LogP) is 2.82. The summed E-state index contributed by atoms with van der Waals surface area (Å²) in [6.45, 7) is 5.12. The summed E-state index contributed by atoms with van der Waals surface area (Å²) in [7, 11) is 0. The van der Waals surface area contributed by atoms with Gasteiger partial charge in [-0.2, -0.15) is 5.26 Å². The van der Waals surface area contributed by atoms with E-state index >= 15 is 0 Å². The van der Waals surface area contributed by atoms with Crippen molar-refractivity contribution in [2.24, 2.45) is 0 Å². The second-order valence-corrected chi connectivity index (χ2v) is 4.01. The SMILES string of the molecule is CCCn1c(CC#N)nc2cc(C)ccc21. The van der Waals surface area contributed by atoms with E-state index < -0.39 is 0 Å². The number of hydrogen-bond acceptors (Lipinski definition) is 2. The number of benzene rings is 1. The molecule has 0 radical (unpaired) electrons. The highest BCUT2D eigenvalue weighted by Gasteiger charge is 2.09. The van der Waals surface area contributed by atoms with Crippen LogP contribution in [0.1, 0.15) is 24.7 Å². The number of imidazole rings is 1. The fourth-order valence-corrected chi connectivity index (χ4v) is 1.97. The molecule has 0 aliphatic carbocycles. The molecule has 1 aromatic heterocycles. The lowest BCUT2D eigenvalue weighted by molar-refractivity contribution is 0.667. The van der Waals surface area contributed by atoms with Crippen molar-refractivity contribution in [2.75, 3.05) is 0 Å². The second kappa shape index (κ2) is 4.36. The zero-order valence-corrected chi connectivity index (χ0v) is 9.70. The van der Waals surface area contributed by atoms with Crippen molar-refractivity contribution < 1.29 is 0 Å². The van der Waals surface area contributed by atoms with Gasteiger partial charge in [-0.15, -0.1) is 0 Å². The van der Waals surface area contributed by atoms with E-state index in [0.29, 0.717) is 6.42 Å². The van der Waals surface area contributed by atoms with Crippen molar-refractivity contribution in [3.05, 3.63) is 29.6 Å². The first-order valence-electron chi connectivity index (χ1n) is 5.59. The minimum atomic E-state index is 0.383. The number of nitriles is 1. The summed E-state index contributed by atoms with van der Waals surface area (Å²) in [5.41, 5.74) is 3.34. The zero-order valence-electron chi connectivity index (χ0n) is 9.70. The Morgan fingerprint density at radius 1 is 1.44 bits per heavy atom. The highest BCUT2D eigenvalue weighted by molar-refractivity contribution is 5.77. The van der Waals surface area contributed by atoms with Gasteiger partial charge in [0.15, 0.2) is 0 Å². The first-order valence-corrected chi connectivity index (χ1v) is 5.59. The van der Waals surface area contributed by atoms with Gasteiger partial charge >= 0.3 is 0 Å². The Bertz CT molecular complexity index is 546. The van der Waals surface area contributed by atoms with E-state index in [1.54, 1.807) is 0 Å². The van der Waals surface area contributed by atoms with Crippen LogP contribution in [0, 0.1) is 18.3 Å². The minimum Gasteiger partial charge on any atom is -0.327 e. The molecule has 2 rings (SSSR count). The Labute approximate surface area is 95.3 Å². The fraction of sp³-hybridized carbons (Fsp3) is 0.385. The molecule has 1 heterocycles. The molecule has 0 amide bonds. The molecule has 0 saturated carbocycles. The van der Waals surface area contributed by atoms with E-state index in [9.17, 15) is 0 Å². The van der Waals surface area contributed by atoms with Crippen LogP contribution in [0.25, 0.3) is 11.0 Å². The maximum atomic E-state index is 8.79. The molecule has 2 aromatic rings. The quantitative estimate of drug-likeness (QED) is 0.786. The van der Waals surface area contributed by atoms with Crippen LogP contribution in [-0.4, -0.2) is 9.55 Å². The summed E-state index contributed by atoms with van der Waals surface area (Å²) in [6.07, 6.45) is 1.44. The average molecular weight is 213 g/mol. The Kier molecular flexibility index (Phi) is 2.91. The first-order chi connectivity index (χ1) is 7.76. The Hall–Kier alpha value is -1.82. The van der Waals surface area contributed by atoms with Gasteiger partial charge in [-0.25, -0.2) is 4.98 Å². The van der Waals surface area contributed by atoms with Gasteiger partial charge in [0.1, 0.15) is 5.82 Å². The molecule has 0 N–H and O–H groups in total. The molecule has 0 fully saturated rings. The third-order valence-electron chi connectivity index (χ3n) is 2.67. The van der Waals surface area contributed by atoms with Crippen LogP contribution in [0.15, 0.2) is 18.2 Å². The van der Waals surface area contributed by atoms with Crippen LogP contribution in [0.5, 0.6) is 0 Å². The lowest BCUT2D eigenvalue weighted by Gasteiger charge is -2.04. The summed E-state index contributed by atoms with van der Waals surface area (Å²) in [6, 6.07) is 8.43. The van der Waals surface area contributed by atoms with Crippen molar-refractivity contribution in [3.63, 3.8) is 0 Å². The molecule has 0 aliphatic rings. The number of fused-ring (bicyclic) bond motifs is 1. The Morgan fingerprint density at radius 2 is 2.25 bits per heavy atom. The van der Waals surface area contributed by atoms with Crippen LogP contribution >= 0.6 is 0 Å². The average Bonchev–Trinajstić information content (AvgIpc) is 2.57. The molecule has 0 atom stereocenters. The van der Waals surface area contributed by atoms with Crippen molar-refractivity contribution in [3.8, 4) is 6.07 Å². The normalized spacial score (nSPS) is 10.6. The van der Waals surface area contributed by atoms with E-state index in [2.05, 4.69) is 47.7 Å². The van der Waals surface area contributed by atoms with Crippen LogP contribution in [0.3, 0.4) is 0 Å². The van der Waals surface area contributed by atoms with Gasteiger partial charge in [-0.05, 0) is 31.0 Å². The Morgan fingerprint density at radius 3 is 2.94 bits per heavy atom.